The van der Waals surface area contributed by atoms with Gasteiger partial charge in [-0.3, -0.25) is 4.79 Å². The molecule has 3 heterocycles. The maximum atomic E-state index is 13.1. The molecule has 2 aliphatic carbocycles. The lowest BCUT2D eigenvalue weighted by atomic mass is 9.82. The Morgan fingerprint density at radius 1 is 1.03 bits per heavy atom. The maximum absolute atomic E-state index is 13.1. The number of benzene rings is 1. The molecule has 0 radical (unpaired) electrons. The summed E-state index contributed by atoms with van der Waals surface area (Å²) < 4.78 is 41.6. The molecule has 0 N–H and O–H groups in total. The van der Waals surface area contributed by atoms with Gasteiger partial charge in [-0.05, 0) is 68.9 Å². The summed E-state index contributed by atoms with van der Waals surface area (Å²) >= 11 is 0. The van der Waals surface area contributed by atoms with Crippen LogP contribution in [0, 0.1) is 0 Å². The number of sulfonamides is 1. The van der Waals surface area contributed by atoms with Gasteiger partial charge in [0.05, 0.1) is 29.7 Å². The minimum absolute atomic E-state index is 0.0632. The monoisotopic (exact) mass is 446 g/mol. The Hall–Kier alpha value is -1.93. The number of ether oxygens (including phenoxy) is 2. The van der Waals surface area contributed by atoms with Crippen LogP contribution in [0.4, 0.5) is 0 Å². The average molecular weight is 447 g/mol. The Balaban J connectivity index is 1.45. The lowest BCUT2D eigenvalue weighted by Crippen LogP contribution is -2.53. The van der Waals surface area contributed by atoms with Crippen LogP contribution in [0.15, 0.2) is 28.7 Å². The molecule has 2 saturated carbocycles. The highest BCUT2D eigenvalue weighted by Gasteiger charge is 2.39. The van der Waals surface area contributed by atoms with Crippen molar-refractivity contribution in [2.75, 3.05) is 19.8 Å². The van der Waals surface area contributed by atoms with Crippen molar-refractivity contribution in [2.45, 2.75) is 74.7 Å². The smallest absolute Gasteiger partial charge is 0.261 e. The molecule has 168 valence electrons. The molecule has 1 saturated heterocycles. The number of hydrogen-bond acceptors (Lipinski definition) is 5. The van der Waals surface area contributed by atoms with E-state index in [0.29, 0.717) is 50.5 Å². The molecule has 0 spiro atoms. The molecule has 31 heavy (non-hydrogen) atoms. The van der Waals surface area contributed by atoms with Crippen molar-refractivity contribution in [3.8, 4) is 5.75 Å². The van der Waals surface area contributed by atoms with Crippen LogP contribution in [0.3, 0.4) is 0 Å². The summed E-state index contributed by atoms with van der Waals surface area (Å²) in [6.07, 6.45) is 6.71. The summed E-state index contributed by atoms with van der Waals surface area (Å²) in [5.74, 6) is 1.04. The molecule has 5 aliphatic rings. The molecule has 3 fully saturated rings. The zero-order valence-corrected chi connectivity index (χ0v) is 18.6. The second-order valence-electron chi connectivity index (χ2n) is 9.14. The molecule has 1 aromatic rings. The first-order valence-electron chi connectivity index (χ1n) is 11.5. The number of amides is 1. The van der Waals surface area contributed by atoms with E-state index in [9.17, 15) is 13.2 Å². The maximum Gasteiger partial charge on any atom is 0.261 e. The minimum Gasteiger partial charge on any atom is -0.483 e. The fourth-order valence-corrected chi connectivity index (χ4v) is 6.49. The van der Waals surface area contributed by atoms with E-state index in [1.807, 2.05) is 18.2 Å². The van der Waals surface area contributed by atoms with Crippen molar-refractivity contribution in [1.82, 2.24) is 4.90 Å². The standard InChI is InChI=1S/C23H30N2O5S/c26-23-15-30-22-6-2-1-4-19(22)16-7-9-17(10-8-16)29-14-21-20(5-3-13-25(21)23)24-31(27,28)18-11-12-18/h1-2,4,6,16-18,21H,3,5,7-15H2/b24-20+. The molecular formula is C23H30N2O5S. The van der Waals surface area contributed by atoms with E-state index in [0.717, 1.165) is 31.4 Å². The van der Waals surface area contributed by atoms with Crippen LogP contribution in [0.5, 0.6) is 5.75 Å². The molecule has 1 amide bonds. The lowest BCUT2D eigenvalue weighted by molar-refractivity contribution is -0.136. The highest BCUT2D eigenvalue weighted by molar-refractivity contribution is 7.91. The predicted molar refractivity (Wildman–Crippen MR) is 117 cm³/mol. The van der Waals surface area contributed by atoms with Crippen LogP contribution in [-0.4, -0.2) is 62.1 Å². The van der Waals surface area contributed by atoms with Crippen molar-refractivity contribution >= 4 is 21.6 Å². The zero-order valence-electron chi connectivity index (χ0n) is 17.7. The molecule has 6 rings (SSSR count). The Morgan fingerprint density at radius 3 is 2.58 bits per heavy atom. The van der Waals surface area contributed by atoms with Gasteiger partial charge < -0.3 is 14.4 Å². The van der Waals surface area contributed by atoms with Crippen molar-refractivity contribution in [2.24, 2.45) is 4.40 Å². The first-order valence-corrected chi connectivity index (χ1v) is 13.0. The lowest BCUT2D eigenvalue weighted by Gasteiger charge is -2.37. The normalized spacial score (nSPS) is 31.1. The SMILES string of the molecule is O=C1COc2ccccc2C2CCC(CC2)OCC2/C(=N/S(=O)(=O)C3CC3)CCCN12. The average Bonchev–Trinajstić information content (AvgIpc) is 3.63. The van der Waals surface area contributed by atoms with Gasteiger partial charge in [0.15, 0.2) is 6.61 Å². The molecule has 0 aromatic heterocycles. The Labute approximate surface area is 183 Å². The summed E-state index contributed by atoms with van der Waals surface area (Å²) in [7, 11) is -3.50. The van der Waals surface area contributed by atoms with E-state index in [2.05, 4.69) is 10.5 Å². The van der Waals surface area contributed by atoms with Crippen molar-refractivity contribution in [3.05, 3.63) is 29.8 Å². The predicted octanol–water partition coefficient (Wildman–Crippen LogP) is 3.05. The van der Waals surface area contributed by atoms with E-state index in [-0.39, 0.29) is 23.9 Å². The third-order valence-corrected chi connectivity index (χ3v) is 8.78. The second-order valence-corrected chi connectivity index (χ2v) is 11.0. The topological polar surface area (TPSA) is 85.3 Å². The van der Waals surface area contributed by atoms with Crippen molar-refractivity contribution < 1.29 is 22.7 Å². The van der Waals surface area contributed by atoms with Gasteiger partial charge in [-0.2, -0.15) is 4.40 Å². The fourth-order valence-electron chi connectivity index (χ4n) is 5.07. The Kier molecular flexibility index (Phi) is 5.77. The van der Waals surface area contributed by atoms with Crippen LogP contribution in [-0.2, 0) is 19.6 Å². The van der Waals surface area contributed by atoms with Gasteiger partial charge in [0.2, 0.25) is 0 Å². The molecule has 3 aliphatic heterocycles. The summed E-state index contributed by atoms with van der Waals surface area (Å²) in [4.78, 5) is 14.9. The van der Waals surface area contributed by atoms with Gasteiger partial charge in [-0.25, -0.2) is 8.42 Å². The first kappa shape index (κ1) is 20.9. The molecule has 7 nitrogen and oxygen atoms in total. The summed E-state index contributed by atoms with van der Waals surface area (Å²) in [6, 6.07) is 7.56. The summed E-state index contributed by atoms with van der Waals surface area (Å²) in [5, 5.41) is -0.350. The Bertz CT molecular complexity index is 964. The minimum atomic E-state index is -3.50. The van der Waals surface area contributed by atoms with Gasteiger partial charge in [-0.1, -0.05) is 18.2 Å². The molecule has 1 atom stereocenters. The fraction of sp³-hybridized carbons (Fsp3) is 0.652. The molecule has 1 aromatic carbocycles. The number of fused-ring (bicyclic) bond motifs is 5. The van der Waals surface area contributed by atoms with Crippen LogP contribution < -0.4 is 4.74 Å². The number of rotatable bonds is 2. The van der Waals surface area contributed by atoms with E-state index < -0.39 is 16.1 Å². The molecule has 1 unspecified atom stereocenters. The third kappa shape index (κ3) is 4.51. The first-order chi connectivity index (χ1) is 15.0. The van der Waals surface area contributed by atoms with Crippen LogP contribution >= 0.6 is 0 Å². The number of hydrogen-bond donors (Lipinski definition) is 0. The van der Waals surface area contributed by atoms with Crippen LogP contribution in [0.25, 0.3) is 0 Å². The van der Waals surface area contributed by atoms with Gasteiger partial charge in [0, 0.05) is 6.54 Å². The van der Waals surface area contributed by atoms with Crippen LogP contribution in [0.1, 0.15) is 62.8 Å². The Morgan fingerprint density at radius 2 is 1.81 bits per heavy atom. The number of carbonyl (C=O) groups is 1. The van der Waals surface area contributed by atoms with Crippen molar-refractivity contribution in [3.63, 3.8) is 0 Å². The van der Waals surface area contributed by atoms with Gasteiger partial charge in [0.25, 0.3) is 15.9 Å². The van der Waals surface area contributed by atoms with Gasteiger partial charge in [0.1, 0.15) is 5.75 Å². The number of carbonyl (C=O) groups excluding carboxylic acids is 1. The largest absolute Gasteiger partial charge is 0.483 e. The molecular weight excluding hydrogens is 416 g/mol. The molecule has 2 bridgehead atoms. The number of piperidine rings is 1. The van der Waals surface area contributed by atoms with E-state index in [4.69, 9.17) is 9.47 Å². The van der Waals surface area contributed by atoms with Gasteiger partial charge >= 0.3 is 0 Å². The number of para-hydroxylation sites is 1. The quantitative estimate of drug-likeness (QED) is 0.697. The van der Waals surface area contributed by atoms with Crippen molar-refractivity contribution in [1.29, 1.82) is 0 Å². The van der Waals surface area contributed by atoms with Crippen LogP contribution in [0.2, 0.25) is 0 Å². The van der Waals surface area contributed by atoms with E-state index in [1.165, 1.54) is 5.56 Å². The van der Waals surface area contributed by atoms with Gasteiger partial charge in [-0.15, -0.1) is 0 Å². The molecule has 8 heteroatoms. The second kappa shape index (κ2) is 8.54. The third-order valence-electron chi connectivity index (χ3n) is 6.98. The summed E-state index contributed by atoms with van der Waals surface area (Å²) in [6.45, 7) is 0.799. The highest BCUT2D eigenvalue weighted by Crippen LogP contribution is 2.39. The van der Waals surface area contributed by atoms with E-state index in [1.54, 1.807) is 4.90 Å². The number of nitrogens with zero attached hydrogens (tertiary/aromatic N) is 2. The zero-order chi connectivity index (χ0) is 21.4. The van der Waals surface area contributed by atoms with E-state index >= 15 is 0 Å². The highest BCUT2D eigenvalue weighted by atomic mass is 32.2. The summed E-state index contributed by atoms with van der Waals surface area (Å²) in [5.41, 5.74) is 1.73.